The molecule has 0 bridgehead atoms. The zero-order valence-corrected chi connectivity index (χ0v) is 10.3. The lowest BCUT2D eigenvalue weighted by Gasteiger charge is -2.27. The Morgan fingerprint density at radius 1 is 1.44 bits per heavy atom. The van der Waals surface area contributed by atoms with Crippen molar-refractivity contribution in [2.45, 2.75) is 31.8 Å². The van der Waals surface area contributed by atoms with Crippen molar-refractivity contribution < 1.29 is 9.90 Å². The van der Waals surface area contributed by atoms with E-state index in [0.717, 1.165) is 43.6 Å². The zero-order valence-electron chi connectivity index (χ0n) is 10.3. The number of likely N-dealkylation sites (N-methyl/N-ethyl adjacent to an activating group) is 1. The summed E-state index contributed by atoms with van der Waals surface area (Å²) in [5.74, 6) is -1.12. The number of hydrogen-bond donors (Lipinski definition) is 1. The standard InChI is InChI=1S/C13H16N2O3/c1-14-5-4-11-8(7-14)6-10(13(17)18)12(16)15(11)9-2-3-9/h6,9H,2-5,7H2,1H3,(H,17,18). The van der Waals surface area contributed by atoms with Crippen molar-refractivity contribution >= 4 is 5.97 Å². The van der Waals surface area contributed by atoms with Crippen LogP contribution in [0.2, 0.25) is 0 Å². The maximum atomic E-state index is 12.2. The van der Waals surface area contributed by atoms with E-state index < -0.39 is 5.97 Å². The Balaban J connectivity index is 2.22. The van der Waals surface area contributed by atoms with Gasteiger partial charge in [-0.2, -0.15) is 0 Å². The second-order valence-corrected chi connectivity index (χ2v) is 5.23. The average molecular weight is 248 g/mol. The van der Waals surface area contributed by atoms with Crippen LogP contribution in [0.1, 0.15) is 40.5 Å². The summed E-state index contributed by atoms with van der Waals surface area (Å²) in [6.07, 6.45) is 2.81. The van der Waals surface area contributed by atoms with Crippen LogP contribution in [0.4, 0.5) is 0 Å². The zero-order chi connectivity index (χ0) is 12.9. The minimum atomic E-state index is -1.12. The van der Waals surface area contributed by atoms with Gasteiger partial charge in [-0.25, -0.2) is 4.79 Å². The second kappa shape index (κ2) is 3.95. The van der Waals surface area contributed by atoms with Crippen molar-refractivity contribution in [3.05, 3.63) is 33.2 Å². The predicted octanol–water partition coefficient (Wildman–Crippen LogP) is 0.869. The van der Waals surface area contributed by atoms with Crippen LogP contribution >= 0.6 is 0 Å². The van der Waals surface area contributed by atoms with Crippen LogP contribution in [0.3, 0.4) is 0 Å². The van der Waals surface area contributed by atoms with Crippen molar-refractivity contribution in [3.63, 3.8) is 0 Å². The number of rotatable bonds is 2. The summed E-state index contributed by atoms with van der Waals surface area (Å²) in [5, 5.41) is 9.13. The molecular formula is C13H16N2O3. The number of carboxylic acid groups (broad SMARTS) is 1. The molecule has 0 aromatic carbocycles. The van der Waals surface area contributed by atoms with Crippen molar-refractivity contribution in [1.29, 1.82) is 0 Å². The van der Waals surface area contributed by atoms with Crippen LogP contribution in [0.15, 0.2) is 10.9 Å². The molecule has 0 atom stereocenters. The van der Waals surface area contributed by atoms with E-state index >= 15 is 0 Å². The molecule has 1 aliphatic carbocycles. The summed E-state index contributed by atoms with van der Waals surface area (Å²) in [4.78, 5) is 25.5. The smallest absolute Gasteiger partial charge is 0.341 e. The third-order valence-corrected chi connectivity index (χ3v) is 3.74. The molecule has 2 heterocycles. The van der Waals surface area contributed by atoms with E-state index in [2.05, 4.69) is 4.90 Å². The van der Waals surface area contributed by atoms with Gasteiger partial charge in [0, 0.05) is 31.2 Å². The fourth-order valence-electron chi connectivity index (χ4n) is 2.68. The summed E-state index contributed by atoms with van der Waals surface area (Å²) >= 11 is 0. The minimum Gasteiger partial charge on any atom is -0.477 e. The lowest BCUT2D eigenvalue weighted by molar-refractivity contribution is 0.0693. The van der Waals surface area contributed by atoms with Gasteiger partial charge in [-0.1, -0.05) is 0 Å². The molecule has 1 aromatic rings. The Morgan fingerprint density at radius 3 is 2.78 bits per heavy atom. The summed E-state index contributed by atoms with van der Waals surface area (Å²) in [6.45, 7) is 1.65. The fourth-order valence-corrected chi connectivity index (χ4v) is 2.68. The van der Waals surface area contributed by atoms with E-state index in [1.54, 1.807) is 10.6 Å². The van der Waals surface area contributed by atoms with Gasteiger partial charge in [-0.3, -0.25) is 4.79 Å². The molecule has 0 amide bonds. The molecule has 18 heavy (non-hydrogen) atoms. The van der Waals surface area contributed by atoms with Gasteiger partial charge in [0.25, 0.3) is 5.56 Å². The van der Waals surface area contributed by atoms with Crippen LogP contribution < -0.4 is 5.56 Å². The van der Waals surface area contributed by atoms with Gasteiger partial charge in [0.15, 0.2) is 0 Å². The predicted molar refractivity (Wildman–Crippen MR) is 66.0 cm³/mol. The van der Waals surface area contributed by atoms with Gasteiger partial charge < -0.3 is 14.6 Å². The van der Waals surface area contributed by atoms with E-state index in [9.17, 15) is 9.59 Å². The number of carboxylic acids is 1. The van der Waals surface area contributed by atoms with Gasteiger partial charge in [0.05, 0.1) is 0 Å². The second-order valence-electron chi connectivity index (χ2n) is 5.23. The van der Waals surface area contributed by atoms with Crippen LogP contribution in [-0.4, -0.2) is 34.1 Å². The quantitative estimate of drug-likeness (QED) is 0.843. The van der Waals surface area contributed by atoms with Gasteiger partial charge in [0.2, 0.25) is 0 Å². The van der Waals surface area contributed by atoms with Crippen molar-refractivity contribution in [1.82, 2.24) is 9.47 Å². The molecule has 1 fully saturated rings. The number of hydrogen-bond acceptors (Lipinski definition) is 3. The van der Waals surface area contributed by atoms with E-state index in [1.807, 2.05) is 7.05 Å². The van der Waals surface area contributed by atoms with Crippen LogP contribution in [0.25, 0.3) is 0 Å². The molecule has 5 heteroatoms. The number of nitrogens with zero attached hydrogens (tertiary/aromatic N) is 2. The number of fused-ring (bicyclic) bond motifs is 1. The average Bonchev–Trinajstić information content (AvgIpc) is 3.12. The number of aromatic carboxylic acids is 1. The van der Waals surface area contributed by atoms with Crippen LogP contribution in [0, 0.1) is 0 Å². The highest BCUT2D eigenvalue weighted by Crippen LogP contribution is 2.36. The Labute approximate surface area is 105 Å². The monoisotopic (exact) mass is 248 g/mol. The topological polar surface area (TPSA) is 62.5 Å². The highest BCUT2D eigenvalue weighted by atomic mass is 16.4. The van der Waals surface area contributed by atoms with Gasteiger partial charge in [-0.05, 0) is 31.5 Å². The third kappa shape index (κ3) is 1.75. The maximum Gasteiger partial charge on any atom is 0.341 e. The molecule has 3 rings (SSSR count). The van der Waals surface area contributed by atoms with Crippen LogP contribution in [-0.2, 0) is 13.0 Å². The molecule has 1 aliphatic heterocycles. The minimum absolute atomic E-state index is 0.0871. The summed E-state index contributed by atoms with van der Waals surface area (Å²) in [6, 6.07) is 1.79. The van der Waals surface area contributed by atoms with Crippen LogP contribution in [0.5, 0.6) is 0 Å². The SMILES string of the molecule is CN1CCc2c(cc(C(=O)O)c(=O)n2C2CC2)C1. The highest BCUT2D eigenvalue weighted by Gasteiger charge is 2.31. The first-order valence-electron chi connectivity index (χ1n) is 6.27. The molecule has 0 saturated heterocycles. The first kappa shape index (κ1) is 11.5. The summed E-state index contributed by atoms with van der Waals surface area (Å²) < 4.78 is 1.74. The normalized spacial score (nSPS) is 19.6. The Morgan fingerprint density at radius 2 is 2.17 bits per heavy atom. The number of carbonyl (C=O) groups is 1. The lowest BCUT2D eigenvalue weighted by atomic mass is 10.0. The van der Waals surface area contributed by atoms with E-state index in [-0.39, 0.29) is 17.2 Å². The molecule has 2 aliphatic rings. The molecular weight excluding hydrogens is 232 g/mol. The largest absolute Gasteiger partial charge is 0.477 e. The van der Waals surface area contributed by atoms with Crippen molar-refractivity contribution in [2.75, 3.05) is 13.6 Å². The van der Waals surface area contributed by atoms with E-state index in [0.29, 0.717) is 0 Å². The molecule has 5 nitrogen and oxygen atoms in total. The number of pyridine rings is 1. The molecule has 0 unspecified atom stereocenters. The first-order chi connectivity index (χ1) is 8.58. The number of aromatic nitrogens is 1. The van der Waals surface area contributed by atoms with Crippen molar-refractivity contribution in [2.24, 2.45) is 0 Å². The molecule has 1 saturated carbocycles. The van der Waals surface area contributed by atoms with E-state index in [1.165, 1.54) is 0 Å². The molecule has 0 radical (unpaired) electrons. The Kier molecular flexibility index (Phi) is 2.52. The molecule has 96 valence electrons. The van der Waals surface area contributed by atoms with Gasteiger partial charge in [0.1, 0.15) is 5.56 Å². The lowest BCUT2D eigenvalue weighted by Crippen LogP contribution is -2.36. The first-order valence-corrected chi connectivity index (χ1v) is 6.27. The molecule has 0 spiro atoms. The van der Waals surface area contributed by atoms with Gasteiger partial charge in [-0.15, -0.1) is 0 Å². The van der Waals surface area contributed by atoms with E-state index in [4.69, 9.17) is 5.11 Å². The third-order valence-electron chi connectivity index (χ3n) is 3.74. The Bertz CT molecular complexity index is 572. The summed E-state index contributed by atoms with van der Waals surface area (Å²) in [7, 11) is 2.01. The molecule has 1 N–H and O–H groups in total. The fraction of sp³-hybridized carbons (Fsp3) is 0.538. The van der Waals surface area contributed by atoms with Crippen molar-refractivity contribution in [3.8, 4) is 0 Å². The summed E-state index contributed by atoms with van der Waals surface area (Å²) in [5.41, 5.74) is 1.63. The maximum absolute atomic E-state index is 12.2. The Hall–Kier alpha value is -1.62. The van der Waals surface area contributed by atoms with Gasteiger partial charge >= 0.3 is 5.97 Å². The highest BCUT2D eigenvalue weighted by molar-refractivity contribution is 5.87. The molecule has 1 aromatic heterocycles.